The number of aromatic amines is 2. The van der Waals surface area contributed by atoms with Gasteiger partial charge >= 0.3 is 5.97 Å². The summed E-state index contributed by atoms with van der Waals surface area (Å²) >= 11 is 0. The molecule has 152 valence electrons. The summed E-state index contributed by atoms with van der Waals surface area (Å²) < 4.78 is 0. The molecule has 0 spiro atoms. The third kappa shape index (κ3) is 4.04. The van der Waals surface area contributed by atoms with Crippen molar-refractivity contribution in [2.75, 3.05) is 13.1 Å². The number of carboxylic acid groups (broad SMARTS) is 1. The first-order valence-electron chi connectivity index (χ1n) is 10.1. The number of rotatable bonds is 5. The van der Waals surface area contributed by atoms with Gasteiger partial charge in [-0.2, -0.15) is 5.10 Å². The van der Waals surface area contributed by atoms with Gasteiger partial charge in [0.1, 0.15) is 5.69 Å². The maximum absolute atomic E-state index is 13.0. The van der Waals surface area contributed by atoms with Crippen molar-refractivity contribution in [1.29, 1.82) is 0 Å². The summed E-state index contributed by atoms with van der Waals surface area (Å²) in [6, 6.07) is 10.1. The van der Waals surface area contributed by atoms with E-state index in [0.717, 1.165) is 29.4 Å². The lowest BCUT2D eigenvalue weighted by molar-refractivity contribution is -0.136. The molecule has 0 radical (unpaired) electrons. The molecule has 1 amide bonds. The van der Waals surface area contributed by atoms with Crippen molar-refractivity contribution in [3.8, 4) is 0 Å². The molecule has 29 heavy (non-hydrogen) atoms. The van der Waals surface area contributed by atoms with Crippen LogP contribution in [0, 0.1) is 0 Å². The van der Waals surface area contributed by atoms with E-state index in [9.17, 15) is 9.59 Å². The average molecular weight is 394 g/mol. The molecule has 0 bridgehead atoms. The Hall–Kier alpha value is -3.09. The average Bonchev–Trinajstić information content (AvgIpc) is 3.33. The fourth-order valence-corrected chi connectivity index (χ4v) is 4.01. The SMILES string of the molecule is CC(C)c1ccc2cc(C(=O)N3CCC(c4cc(CC(=O)O)[nH]n4)CC3)[nH]c2c1. The molecule has 1 saturated heterocycles. The molecule has 0 aliphatic carbocycles. The monoisotopic (exact) mass is 394 g/mol. The van der Waals surface area contributed by atoms with Crippen molar-refractivity contribution >= 4 is 22.8 Å². The number of aliphatic carboxylic acids is 1. The third-order valence-electron chi connectivity index (χ3n) is 5.74. The number of H-pyrrole nitrogens is 2. The first kappa shape index (κ1) is 19.2. The molecule has 1 fully saturated rings. The second kappa shape index (κ2) is 7.73. The second-order valence-corrected chi connectivity index (χ2v) is 8.14. The molecule has 0 saturated carbocycles. The molecule has 1 aliphatic rings. The third-order valence-corrected chi connectivity index (χ3v) is 5.74. The highest BCUT2D eigenvalue weighted by molar-refractivity contribution is 5.98. The molecule has 3 N–H and O–H groups in total. The second-order valence-electron chi connectivity index (χ2n) is 8.14. The molecule has 2 aromatic heterocycles. The van der Waals surface area contributed by atoms with Crippen LogP contribution in [0.15, 0.2) is 30.3 Å². The largest absolute Gasteiger partial charge is 0.481 e. The Morgan fingerprint density at radius 2 is 1.97 bits per heavy atom. The van der Waals surface area contributed by atoms with Gasteiger partial charge in [0.2, 0.25) is 0 Å². The van der Waals surface area contributed by atoms with E-state index < -0.39 is 5.97 Å². The molecule has 4 rings (SSSR count). The Kier molecular flexibility index (Phi) is 5.13. The fraction of sp³-hybridized carbons (Fsp3) is 0.409. The van der Waals surface area contributed by atoms with Crippen molar-refractivity contribution in [2.24, 2.45) is 0 Å². The number of carboxylic acids is 1. The molecule has 7 nitrogen and oxygen atoms in total. The minimum Gasteiger partial charge on any atom is -0.481 e. The summed E-state index contributed by atoms with van der Waals surface area (Å²) in [5, 5.41) is 17.0. The first-order valence-corrected chi connectivity index (χ1v) is 10.1. The minimum absolute atomic E-state index is 0.0272. The van der Waals surface area contributed by atoms with Crippen LogP contribution in [-0.2, 0) is 11.2 Å². The topological polar surface area (TPSA) is 102 Å². The van der Waals surface area contributed by atoms with Gasteiger partial charge in [0.05, 0.1) is 12.1 Å². The van der Waals surface area contributed by atoms with Gasteiger partial charge in [-0.25, -0.2) is 0 Å². The number of carbonyl (C=O) groups excluding carboxylic acids is 1. The van der Waals surface area contributed by atoms with Crippen LogP contribution in [0.2, 0.25) is 0 Å². The van der Waals surface area contributed by atoms with E-state index in [0.29, 0.717) is 30.4 Å². The number of hydrogen-bond acceptors (Lipinski definition) is 3. The van der Waals surface area contributed by atoms with Crippen LogP contribution in [0.4, 0.5) is 0 Å². The lowest BCUT2D eigenvalue weighted by atomic mass is 9.93. The van der Waals surface area contributed by atoms with E-state index in [1.54, 1.807) is 0 Å². The van der Waals surface area contributed by atoms with Crippen molar-refractivity contribution in [3.05, 3.63) is 53.0 Å². The van der Waals surface area contributed by atoms with Gasteiger partial charge in [0.15, 0.2) is 0 Å². The van der Waals surface area contributed by atoms with Gasteiger partial charge in [0, 0.05) is 35.6 Å². The van der Waals surface area contributed by atoms with E-state index in [1.807, 2.05) is 17.0 Å². The maximum Gasteiger partial charge on any atom is 0.309 e. The van der Waals surface area contributed by atoms with Crippen molar-refractivity contribution in [1.82, 2.24) is 20.1 Å². The predicted octanol–water partition coefficient (Wildman–Crippen LogP) is 3.66. The molecular weight excluding hydrogens is 368 g/mol. The number of piperidine rings is 1. The Balaban J connectivity index is 1.41. The van der Waals surface area contributed by atoms with Crippen LogP contribution in [-0.4, -0.2) is 50.2 Å². The van der Waals surface area contributed by atoms with E-state index in [4.69, 9.17) is 5.11 Å². The zero-order chi connectivity index (χ0) is 20.5. The Labute approximate surface area is 169 Å². The van der Waals surface area contributed by atoms with E-state index in [1.165, 1.54) is 5.56 Å². The molecular formula is C22H26N4O3. The highest BCUT2D eigenvalue weighted by Crippen LogP contribution is 2.28. The van der Waals surface area contributed by atoms with Crippen LogP contribution >= 0.6 is 0 Å². The number of aromatic nitrogens is 3. The van der Waals surface area contributed by atoms with Gasteiger partial charge in [0.25, 0.3) is 5.91 Å². The van der Waals surface area contributed by atoms with Gasteiger partial charge in [-0.05, 0) is 42.5 Å². The van der Waals surface area contributed by atoms with Crippen LogP contribution in [0.5, 0.6) is 0 Å². The van der Waals surface area contributed by atoms with Gasteiger partial charge in [-0.15, -0.1) is 0 Å². The number of fused-ring (bicyclic) bond motifs is 1. The molecule has 1 aliphatic heterocycles. The number of benzene rings is 1. The normalized spacial score (nSPS) is 15.3. The van der Waals surface area contributed by atoms with Gasteiger partial charge in [-0.1, -0.05) is 26.0 Å². The standard InChI is InChI=1S/C22H26N4O3/c1-13(2)15-3-4-16-10-20(23-18(16)9-15)22(29)26-7-5-14(6-8-26)19-11-17(24-25-19)12-21(27)28/h3-4,9-11,13-14,23H,5-8,12H2,1-2H3,(H,24,25)(H,27,28). The van der Waals surface area contributed by atoms with E-state index in [-0.39, 0.29) is 18.2 Å². The van der Waals surface area contributed by atoms with Crippen LogP contribution in [0.25, 0.3) is 10.9 Å². The van der Waals surface area contributed by atoms with Gasteiger partial charge in [-0.3, -0.25) is 14.7 Å². The zero-order valence-corrected chi connectivity index (χ0v) is 16.7. The summed E-state index contributed by atoms with van der Waals surface area (Å²) in [6.07, 6.45) is 1.59. The maximum atomic E-state index is 13.0. The predicted molar refractivity (Wildman–Crippen MR) is 110 cm³/mol. The lowest BCUT2D eigenvalue weighted by Crippen LogP contribution is -2.38. The quantitative estimate of drug-likeness (QED) is 0.614. The van der Waals surface area contributed by atoms with E-state index >= 15 is 0 Å². The molecule has 0 unspecified atom stereocenters. The summed E-state index contributed by atoms with van der Waals surface area (Å²) in [5.74, 6) is -0.160. The van der Waals surface area contributed by atoms with Crippen molar-refractivity contribution in [2.45, 2.75) is 44.9 Å². The number of likely N-dealkylation sites (tertiary alicyclic amines) is 1. The molecule has 3 aromatic rings. The lowest BCUT2D eigenvalue weighted by Gasteiger charge is -2.31. The number of amides is 1. The fourth-order valence-electron chi connectivity index (χ4n) is 4.01. The highest BCUT2D eigenvalue weighted by atomic mass is 16.4. The Bertz CT molecular complexity index is 1040. The molecule has 1 aromatic carbocycles. The van der Waals surface area contributed by atoms with Gasteiger partial charge < -0.3 is 15.0 Å². The zero-order valence-electron chi connectivity index (χ0n) is 16.7. The van der Waals surface area contributed by atoms with Crippen LogP contribution < -0.4 is 0 Å². The first-order chi connectivity index (χ1) is 13.9. The summed E-state index contributed by atoms with van der Waals surface area (Å²) in [4.78, 5) is 29.0. The number of nitrogens with zero attached hydrogens (tertiary/aromatic N) is 2. The number of carbonyl (C=O) groups is 2. The summed E-state index contributed by atoms with van der Waals surface area (Å²) in [5.41, 5.74) is 4.38. The molecule has 0 atom stereocenters. The Morgan fingerprint density at radius 3 is 2.66 bits per heavy atom. The van der Waals surface area contributed by atoms with E-state index in [2.05, 4.69) is 47.2 Å². The highest BCUT2D eigenvalue weighted by Gasteiger charge is 2.27. The molecule has 3 heterocycles. The summed E-state index contributed by atoms with van der Waals surface area (Å²) in [7, 11) is 0. The Morgan fingerprint density at radius 1 is 1.21 bits per heavy atom. The van der Waals surface area contributed by atoms with Crippen molar-refractivity contribution < 1.29 is 14.7 Å². The molecule has 7 heteroatoms. The summed E-state index contributed by atoms with van der Waals surface area (Å²) in [6.45, 7) is 5.64. The smallest absolute Gasteiger partial charge is 0.309 e. The van der Waals surface area contributed by atoms with Crippen molar-refractivity contribution in [3.63, 3.8) is 0 Å². The number of hydrogen-bond donors (Lipinski definition) is 3. The minimum atomic E-state index is -0.875. The van der Waals surface area contributed by atoms with Crippen LogP contribution in [0.3, 0.4) is 0 Å². The van der Waals surface area contributed by atoms with Crippen LogP contribution in [0.1, 0.15) is 66.0 Å². The number of nitrogens with one attached hydrogen (secondary N) is 2.